The zero-order valence-corrected chi connectivity index (χ0v) is 46.4. The van der Waals surface area contributed by atoms with Gasteiger partial charge in [0, 0.05) is 19.3 Å². The summed E-state index contributed by atoms with van der Waals surface area (Å²) in [5.74, 6) is 6.77. The molecule has 0 aliphatic heterocycles. The number of rotatable bonds is 36. The lowest BCUT2D eigenvalue weighted by molar-refractivity contribution is -0.152. The molecule has 11 atom stereocenters. The molecule has 0 radical (unpaired) electrons. The van der Waals surface area contributed by atoms with Crippen LogP contribution in [0.3, 0.4) is 0 Å². The van der Waals surface area contributed by atoms with Gasteiger partial charge in [-0.15, -0.1) is 0 Å². The fourth-order valence-electron chi connectivity index (χ4n) is 14.9. The fourth-order valence-corrected chi connectivity index (χ4v) is 14.9. The normalized spacial score (nSPS) is 27.8. The van der Waals surface area contributed by atoms with Crippen molar-refractivity contribution in [2.24, 2.45) is 58.2 Å². The van der Waals surface area contributed by atoms with E-state index in [1.807, 2.05) is 0 Å². The van der Waals surface area contributed by atoms with Crippen molar-refractivity contribution in [1.29, 1.82) is 0 Å². The molecule has 0 bridgehead atoms. The number of carbonyl (C=O) groups is 2. The van der Waals surface area contributed by atoms with Gasteiger partial charge in [0.05, 0.1) is 0 Å². The van der Waals surface area contributed by atoms with E-state index in [1.54, 1.807) is 5.57 Å². The van der Waals surface area contributed by atoms with Crippen LogP contribution < -0.4 is 0 Å². The van der Waals surface area contributed by atoms with Gasteiger partial charge in [0.25, 0.3) is 0 Å². The van der Waals surface area contributed by atoms with Gasteiger partial charge in [0.2, 0.25) is 0 Å². The predicted octanol–water partition coefficient (Wildman–Crippen LogP) is 18.1. The summed E-state index contributed by atoms with van der Waals surface area (Å²) in [6, 6.07) is 0. The standard InChI is InChI=1S/C62H113NO4/c1-11-14-16-18-19-26-32-53(31-25-17-15-12-2)66-59(64)33-27-21-20-23-29-50(43-46-63(9)10)30-24-22-28-34-60(65)67-54-41-44-61(7)52(47-54)37-38-55-57-40-39-56(62(57,8)45-42-58(55)61)49(6)35-36-51(13-3)48(4)5/h37,48-51,53-58H,11-36,38-47H2,1-10H3. The maximum atomic E-state index is 13.2. The summed E-state index contributed by atoms with van der Waals surface area (Å²) >= 11 is 0. The first-order chi connectivity index (χ1) is 32.2. The third kappa shape index (κ3) is 19.0. The third-order valence-electron chi connectivity index (χ3n) is 19.4. The van der Waals surface area contributed by atoms with Crippen molar-refractivity contribution in [1.82, 2.24) is 4.90 Å². The molecule has 0 aromatic heterocycles. The van der Waals surface area contributed by atoms with E-state index in [4.69, 9.17) is 9.47 Å². The van der Waals surface area contributed by atoms with Gasteiger partial charge in [-0.05, 0) is 175 Å². The summed E-state index contributed by atoms with van der Waals surface area (Å²) in [5.41, 5.74) is 2.44. The van der Waals surface area contributed by atoms with Crippen LogP contribution in [0.25, 0.3) is 0 Å². The number of esters is 2. The van der Waals surface area contributed by atoms with Gasteiger partial charge in [-0.25, -0.2) is 0 Å². The molecule has 0 heterocycles. The van der Waals surface area contributed by atoms with E-state index < -0.39 is 0 Å². The number of nitrogens with zero attached hydrogens (tertiary/aromatic N) is 1. The molecule has 0 N–H and O–H groups in total. The summed E-state index contributed by atoms with van der Waals surface area (Å²) in [6.45, 7) is 20.9. The van der Waals surface area contributed by atoms with Gasteiger partial charge in [0.1, 0.15) is 12.2 Å². The molecule has 390 valence electrons. The van der Waals surface area contributed by atoms with Crippen molar-refractivity contribution in [2.45, 2.75) is 292 Å². The minimum Gasteiger partial charge on any atom is -0.462 e. The summed E-state index contributed by atoms with van der Waals surface area (Å²) in [5, 5.41) is 0. The van der Waals surface area contributed by atoms with E-state index in [-0.39, 0.29) is 24.1 Å². The fraction of sp³-hybridized carbons (Fsp3) is 0.935. The Bertz CT molecular complexity index is 1390. The second-order valence-corrected chi connectivity index (χ2v) is 24.8. The molecule has 5 nitrogen and oxygen atoms in total. The summed E-state index contributed by atoms with van der Waals surface area (Å²) < 4.78 is 12.3. The molecule has 67 heavy (non-hydrogen) atoms. The molecular formula is C62H113NO4. The van der Waals surface area contributed by atoms with E-state index in [0.717, 1.165) is 105 Å². The number of allylic oxidation sites excluding steroid dienone is 1. The highest BCUT2D eigenvalue weighted by Crippen LogP contribution is 2.67. The van der Waals surface area contributed by atoms with Crippen molar-refractivity contribution in [2.75, 3.05) is 20.6 Å². The van der Waals surface area contributed by atoms with Crippen LogP contribution >= 0.6 is 0 Å². The molecule has 4 rings (SSSR count). The molecular weight excluding hydrogens is 823 g/mol. The molecule has 4 aliphatic rings. The smallest absolute Gasteiger partial charge is 0.306 e. The maximum absolute atomic E-state index is 13.2. The van der Waals surface area contributed by atoms with Crippen molar-refractivity contribution in [3.8, 4) is 0 Å². The Balaban J connectivity index is 1.11. The minimum atomic E-state index is 0.0342. The summed E-state index contributed by atoms with van der Waals surface area (Å²) in [6.07, 6.45) is 44.6. The van der Waals surface area contributed by atoms with Crippen molar-refractivity contribution >= 4 is 11.9 Å². The van der Waals surface area contributed by atoms with Gasteiger partial charge < -0.3 is 14.4 Å². The molecule has 0 amide bonds. The zero-order chi connectivity index (χ0) is 48.7. The Morgan fingerprint density at radius 3 is 1.90 bits per heavy atom. The van der Waals surface area contributed by atoms with Crippen LogP contribution in [0.15, 0.2) is 11.6 Å². The Hall–Kier alpha value is -1.36. The summed E-state index contributed by atoms with van der Waals surface area (Å²) in [7, 11) is 4.37. The molecule has 3 saturated carbocycles. The molecule has 4 aliphatic carbocycles. The quantitative estimate of drug-likeness (QED) is 0.0356. The van der Waals surface area contributed by atoms with Crippen molar-refractivity contribution in [3.63, 3.8) is 0 Å². The molecule has 0 aromatic carbocycles. The number of unbranched alkanes of at least 4 members (excludes halogenated alkanes) is 13. The highest BCUT2D eigenvalue weighted by Gasteiger charge is 2.59. The second-order valence-electron chi connectivity index (χ2n) is 24.8. The molecule has 3 fully saturated rings. The Labute approximate surface area is 417 Å². The van der Waals surface area contributed by atoms with Crippen LogP contribution in [0.5, 0.6) is 0 Å². The van der Waals surface area contributed by atoms with Gasteiger partial charge >= 0.3 is 11.9 Å². The van der Waals surface area contributed by atoms with Gasteiger partial charge in [-0.3, -0.25) is 9.59 Å². The van der Waals surface area contributed by atoms with Crippen LogP contribution in [0, 0.1) is 58.2 Å². The van der Waals surface area contributed by atoms with Crippen LogP contribution in [0.1, 0.15) is 280 Å². The number of hydrogen-bond acceptors (Lipinski definition) is 5. The first-order valence-electron chi connectivity index (χ1n) is 30.0. The second kappa shape index (κ2) is 31.2. The number of hydrogen-bond donors (Lipinski definition) is 0. The molecule has 5 heteroatoms. The van der Waals surface area contributed by atoms with Crippen molar-refractivity contribution < 1.29 is 19.1 Å². The molecule has 0 spiro atoms. The number of fused-ring (bicyclic) bond motifs is 5. The first kappa shape index (κ1) is 58.2. The van der Waals surface area contributed by atoms with Crippen LogP contribution in [0.2, 0.25) is 0 Å². The van der Waals surface area contributed by atoms with Gasteiger partial charge in [0.15, 0.2) is 0 Å². The van der Waals surface area contributed by atoms with Gasteiger partial charge in [-0.2, -0.15) is 0 Å². The average Bonchev–Trinajstić information content (AvgIpc) is 3.66. The van der Waals surface area contributed by atoms with Gasteiger partial charge in [-0.1, -0.05) is 176 Å². The van der Waals surface area contributed by atoms with Crippen molar-refractivity contribution in [3.05, 3.63) is 11.6 Å². The van der Waals surface area contributed by atoms with Crippen LogP contribution in [-0.4, -0.2) is 49.7 Å². The monoisotopic (exact) mass is 936 g/mol. The molecule has 0 saturated heterocycles. The number of carbonyl (C=O) groups excluding carboxylic acids is 2. The van der Waals surface area contributed by atoms with Crippen LogP contribution in [-0.2, 0) is 19.1 Å². The Kier molecular flexibility index (Phi) is 27.1. The molecule has 11 unspecified atom stereocenters. The van der Waals surface area contributed by atoms with E-state index in [1.165, 1.54) is 161 Å². The van der Waals surface area contributed by atoms with E-state index >= 15 is 0 Å². The topological polar surface area (TPSA) is 55.8 Å². The zero-order valence-electron chi connectivity index (χ0n) is 46.4. The minimum absolute atomic E-state index is 0.0342. The lowest BCUT2D eigenvalue weighted by Crippen LogP contribution is -2.51. The highest BCUT2D eigenvalue weighted by atomic mass is 16.5. The lowest BCUT2D eigenvalue weighted by atomic mass is 9.47. The first-order valence-corrected chi connectivity index (χ1v) is 30.0. The van der Waals surface area contributed by atoms with E-state index in [2.05, 4.69) is 80.5 Å². The predicted molar refractivity (Wildman–Crippen MR) is 286 cm³/mol. The average molecular weight is 937 g/mol. The van der Waals surface area contributed by atoms with E-state index in [9.17, 15) is 9.59 Å². The SMILES string of the molecule is CCCCCCCCC(CCCCCC)OC(=O)CCCCCCC(CCCCCC(=O)OC1CCC2(C)C(=CCC3C2CCC2(C)C(C(C)CCC(CC)C(C)C)CCC32)C1)CCN(C)C. The number of ether oxygens (including phenoxy) is 2. The van der Waals surface area contributed by atoms with Crippen LogP contribution in [0.4, 0.5) is 0 Å². The highest BCUT2D eigenvalue weighted by molar-refractivity contribution is 5.69. The third-order valence-corrected chi connectivity index (χ3v) is 19.4. The largest absolute Gasteiger partial charge is 0.462 e. The lowest BCUT2D eigenvalue weighted by Gasteiger charge is -2.58. The summed E-state index contributed by atoms with van der Waals surface area (Å²) in [4.78, 5) is 28.4. The molecule has 0 aromatic rings. The maximum Gasteiger partial charge on any atom is 0.306 e. The Morgan fingerprint density at radius 2 is 1.25 bits per heavy atom. The Morgan fingerprint density at radius 1 is 0.657 bits per heavy atom. The van der Waals surface area contributed by atoms with E-state index in [0.29, 0.717) is 23.7 Å².